The van der Waals surface area contributed by atoms with Crippen LogP contribution in [0.5, 0.6) is 0 Å². The second-order valence-corrected chi connectivity index (χ2v) is 10.1. The maximum atomic E-state index is 4.75. The summed E-state index contributed by atoms with van der Waals surface area (Å²) in [7, 11) is -0.356. The molecule has 1 nitrogen and oxygen atoms in total. The molecule has 0 unspecified atom stereocenters. The minimum absolute atomic E-state index is 0.356. The summed E-state index contributed by atoms with van der Waals surface area (Å²) < 4.78 is 0. The van der Waals surface area contributed by atoms with Crippen molar-refractivity contribution >= 4 is 29.9 Å². The van der Waals surface area contributed by atoms with E-state index in [1.54, 1.807) is 0 Å². The van der Waals surface area contributed by atoms with E-state index in [-0.39, 0.29) is 7.92 Å². The molecule has 0 saturated carbocycles. The summed E-state index contributed by atoms with van der Waals surface area (Å²) in [5.74, 6) is 0.611. The molecule has 2 aromatic carbocycles. The molecule has 25 heavy (non-hydrogen) atoms. The Morgan fingerprint density at radius 3 is 2.28 bits per heavy atom. The van der Waals surface area contributed by atoms with Gasteiger partial charge in [-0.1, -0.05) is 48.5 Å². The number of benzene rings is 2. The first-order valence-corrected chi connectivity index (χ1v) is 11.5. The highest BCUT2D eigenvalue weighted by Crippen LogP contribution is 2.44. The summed E-state index contributed by atoms with van der Waals surface area (Å²) in [4.78, 5) is 6.28. The van der Waals surface area contributed by atoms with Gasteiger partial charge in [-0.05, 0) is 68.9 Å². The Hall–Kier alpha value is -1.50. The van der Waals surface area contributed by atoms with Gasteiger partial charge in [0, 0.05) is 10.8 Å². The maximum Gasteiger partial charge on any atom is 0.0797 e. The van der Waals surface area contributed by atoms with Crippen molar-refractivity contribution in [1.82, 2.24) is 4.98 Å². The predicted octanol–water partition coefficient (Wildman–Crippen LogP) is 5.31. The SMILES string of the molecule is Cc1ccccc1P(C[C@H]1CCCc2scnc21)c1ccccc1C. The minimum Gasteiger partial charge on any atom is -0.249 e. The standard InChI is InChI=1S/C22H24NPS/c1-16-8-3-5-11-19(16)24(20-12-6-4-9-17(20)2)14-18-10-7-13-21-22(18)23-15-25-21/h3-6,8-9,11-12,15,18H,7,10,13-14H2,1-2H3/t18-/m1/s1. The summed E-state index contributed by atoms with van der Waals surface area (Å²) in [5.41, 5.74) is 6.29. The molecule has 1 atom stereocenters. The number of aryl methyl sites for hydroxylation is 3. The molecule has 0 bridgehead atoms. The van der Waals surface area contributed by atoms with Crippen LogP contribution in [0.3, 0.4) is 0 Å². The fourth-order valence-corrected chi connectivity index (χ4v) is 7.78. The zero-order valence-corrected chi connectivity index (χ0v) is 16.6. The van der Waals surface area contributed by atoms with Crippen molar-refractivity contribution in [3.63, 3.8) is 0 Å². The van der Waals surface area contributed by atoms with Gasteiger partial charge in [-0.3, -0.25) is 0 Å². The van der Waals surface area contributed by atoms with Crippen molar-refractivity contribution in [3.8, 4) is 0 Å². The van der Waals surface area contributed by atoms with Crippen molar-refractivity contribution in [3.05, 3.63) is 75.7 Å². The van der Waals surface area contributed by atoms with Crippen molar-refractivity contribution in [1.29, 1.82) is 0 Å². The van der Waals surface area contributed by atoms with Gasteiger partial charge in [0.25, 0.3) is 0 Å². The molecule has 128 valence electrons. The molecule has 1 heterocycles. The summed E-state index contributed by atoms with van der Waals surface area (Å²) >= 11 is 1.85. The van der Waals surface area contributed by atoms with Gasteiger partial charge in [-0.25, -0.2) is 4.98 Å². The second-order valence-electron chi connectivity index (χ2n) is 6.93. The van der Waals surface area contributed by atoms with E-state index in [4.69, 9.17) is 4.98 Å². The third-order valence-electron chi connectivity index (χ3n) is 5.23. The number of rotatable bonds is 4. The quantitative estimate of drug-likeness (QED) is 0.571. The molecule has 0 aliphatic heterocycles. The fraction of sp³-hybridized carbons (Fsp3) is 0.318. The number of hydrogen-bond acceptors (Lipinski definition) is 2. The van der Waals surface area contributed by atoms with Crippen LogP contribution in [-0.4, -0.2) is 11.1 Å². The first-order valence-electron chi connectivity index (χ1n) is 9.05. The molecule has 0 spiro atoms. The molecule has 3 aromatic rings. The van der Waals surface area contributed by atoms with Crippen LogP contribution >= 0.6 is 19.3 Å². The van der Waals surface area contributed by atoms with Gasteiger partial charge < -0.3 is 0 Å². The summed E-state index contributed by atoms with van der Waals surface area (Å²) in [6.45, 7) is 4.52. The van der Waals surface area contributed by atoms with Crippen molar-refractivity contribution in [2.75, 3.05) is 6.16 Å². The van der Waals surface area contributed by atoms with Gasteiger partial charge in [0.15, 0.2) is 0 Å². The third-order valence-corrected chi connectivity index (χ3v) is 9.11. The summed E-state index contributed by atoms with van der Waals surface area (Å²) in [6, 6.07) is 17.9. The first-order chi connectivity index (χ1) is 12.2. The largest absolute Gasteiger partial charge is 0.249 e. The van der Waals surface area contributed by atoms with Gasteiger partial charge in [-0.2, -0.15) is 0 Å². The van der Waals surface area contributed by atoms with Crippen LogP contribution in [0.1, 0.15) is 40.5 Å². The average molecular weight is 365 g/mol. The van der Waals surface area contributed by atoms with E-state index in [0.29, 0.717) is 5.92 Å². The third kappa shape index (κ3) is 3.43. The van der Waals surface area contributed by atoms with Crippen LogP contribution < -0.4 is 10.6 Å². The Morgan fingerprint density at radius 1 is 1.00 bits per heavy atom. The Kier molecular flexibility index (Phi) is 5.01. The fourth-order valence-electron chi connectivity index (χ4n) is 3.90. The van der Waals surface area contributed by atoms with Crippen LogP contribution in [0, 0.1) is 13.8 Å². The summed E-state index contributed by atoms with van der Waals surface area (Å²) in [5, 5.41) is 3.07. The van der Waals surface area contributed by atoms with E-state index >= 15 is 0 Å². The Bertz CT molecular complexity index is 824. The topological polar surface area (TPSA) is 12.9 Å². The van der Waals surface area contributed by atoms with Gasteiger partial charge >= 0.3 is 0 Å². The highest BCUT2D eigenvalue weighted by Gasteiger charge is 2.28. The molecule has 0 N–H and O–H groups in total. The highest BCUT2D eigenvalue weighted by molar-refractivity contribution is 7.73. The molecule has 3 heteroatoms. The lowest BCUT2D eigenvalue weighted by Crippen LogP contribution is -2.22. The van der Waals surface area contributed by atoms with E-state index in [2.05, 4.69) is 62.4 Å². The predicted molar refractivity (Wildman–Crippen MR) is 111 cm³/mol. The van der Waals surface area contributed by atoms with E-state index in [1.807, 2.05) is 16.8 Å². The van der Waals surface area contributed by atoms with E-state index in [1.165, 1.54) is 57.7 Å². The van der Waals surface area contributed by atoms with Crippen LogP contribution in [0.2, 0.25) is 0 Å². The molecule has 1 aliphatic carbocycles. The lowest BCUT2D eigenvalue weighted by atomic mass is 9.93. The van der Waals surface area contributed by atoms with Crippen molar-refractivity contribution < 1.29 is 0 Å². The number of hydrogen-bond donors (Lipinski definition) is 0. The molecular weight excluding hydrogens is 341 g/mol. The molecule has 4 rings (SSSR count). The maximum absolute atomic E-state index is 4.75. The Morgan fingerprint density at radius 2 is 1.64 bits per heavy atom. The van der Waals surface area contributed by atoms with Crippen LogP contribution in [0.4, 0.5) is 0 Å². The van der Waals surface area contributed by atoms with Crippen molar-refractivity contribution in [2.45, 2.75) is 39.0 Å². The zero-order chi connectivity index (χ0) is 17.2. The molecule has 0 radical (unpaired) electrons. The van der Waals surface area contributed by atoms with Crippen LogP contribution in [0.25, 0.3) is 0 Å². The smallest absolute Gasteiger partial charge is 0.0797 e. The number of aromatic nitrogens is 1. The molecule has 0 amide bonds. The van der Waals surface area contributed by atoms with Gasteiger partial charge in [0.2, 0.25) is 0 Å². The molecule has 0 fully saturated rings. The van der Waals surface area contributed by atoms with Gasteiger partial charge in [0.1, 0.15) is 0 Å². The molecule has 1 aromatic heterocycles. The molecule has 0 saturated heterocycles. The first kappa shape index (κ1) is 16.9. The van der Waals surface area contributed by atoms with Crippen molar-refractivity contribution in [2.24, 2.45) is 0 Å². The van der Waals surface area contributed by atoms with E-state index in [9.17, 15) is 0 Å². The zero-order valence-electron chi connectivity index (χ0n) is 14.9. The van der Waals surface area contributed by atoms with Crippen LogP contribution in [0.15, 0.2) is 54.0 Å². The molecule has 1 aliphatic rings. The van der Waals surface area contributed by atoms with Gasteiger partial charge in [0.05, 0.1) is 11.2 Å². The molecular formula is C22H24NPS. The highest BCUT2D eigenvalue weighted by atomic mass is 32.1. The second kappa shape index (κ2) is 7.40. The Labute approximate surface area is 155 Å². The average Bonchev–Trinajstić information content (AvgIpc) is 3.11. The monoisotopic (exact) mass is 365 g/mol. The lowest BCUT2D eigenvalue weighted by molar-refractivity contribution is 0.589. The normalized spacial score (nSPS) is 16.8. The number of fused-ring (bicyclic) bond motifs is 1. The lowest BCUT2D eigenvalue weighted by Gasteiger charge is -2.29. The van der Waals surface area contributed by atoms with E-state index in [0.717, 1.165) is 0 Å². The summed E-state index contributed by atoms with van der Waals surface area (Å²) in [6.07, 6.45) is 5.04. The Balaban J connectivity index is 1.75. The van der Waals surface area contributed by atoms with E-state index < -0.39 is 0 Å². The number of nitrogens with zero attached hydrogens (tertiary/aromatic N) is 1. The van der Waals surface area contributed by atoms with Gasteiger partial charge in [-0.15, -0.1) is 11.3 Å². The minimum atomic E-state index is -0.356. The number of thiazole rings is 1. The van der Waals surface area contributed by atoms with Crippen LogP contribution in [-0.2, 0) is 6.42 Å².